The molecule has 0 spiro atoms. The van der Waals surface area contributed by atoms with E-state index in [0.717, 1.165) is 64.2 Å². The highest BCUT2D eigenvalue weighted by Crippen LogP contribution is 2.33. The third-order valence-electron chi connectivity index (χ3n) is 14.2. The van der Waals surface area contributed by atoms with Gasteiger partial charge in [-0.2, -0.15) is 0 Å². The van der Waals surface area contributed by atoms with E-state index in [2.05, 4.69) is 31.3 Å². The zero-order chi connectivity index (χ0) is 53.4. The smallest absolute Gasteiger partial charge is 0.220 e. The van der Waals surface area contributed by atoms with Gasteiger partial charge in [-0.15, -0.1) is 0 Å². The third-order valence-corrected chi connectivity index (χ3v) is 14.2. The van der Waals surface area contributed by atoms with Gasteiger partial charge < -0.3 is 89.9 Å². The second-order valence-corrected chi connectivity index (χ2v) is 20.4. The number of rotatable bonds is 40. The zero-order valence-electron chi connectivity index (χ0n) is 44.1. The van der Waals surface area contributed by atoms with Crippen molar-refractivity contribution in [3.8, 4) is 0 Å². The van der Waals surface area contributed by atoms with E-state index in [-0.39, 0.29) is 18.9 Å². The predicted octanol–water partition coefficient (Wildman–Crippen LogP) is 3.59. The zero-order valence-corrected chi connectivity index (χ0v) is 44.1. The lowest BCUT2D eigenvalue weighted by molar-refractivity contribution is -0.379. The highest BCUT2D eigenvalue weighted by atomic mass is 16.8. The molecule has 0 aromatic carbocycles. The Morgan fingerprint density at radius 3 is 1.33 bits per heavy atom. The maximum atomic E-state index is 13.3. The molecule has 0 aromatic heterocycles. The fraction of sp³-hybridized carbons (Fsp3) is 0.907. The molecule has 3 aliphatic rings. The number of nitrogens with one attached hydrogen (secondary N) is 1. The molecule has 428 valence electrons. The number of hydrogen-bond donors (Lipinski definition) is 12. The molecule has 17 unspecified atom stereocenters. The average molecular weight is 1050 g/mol. The van der Waals surface area contributed by atoms with Crippen LogP contribution in [-0.2, 0) is 33.2 Å². The van der Waals surface area contributed by atoms with Crippen molar-refractivity contribution >= 4 is 5.91 Å². The first-order valence-electron chi connectivity index (χ1n) is 28.1. The van der Waals surface area contributed by atoms with Crippen molar-refractivity contribution in [1.29, 1.82) is 0 Å². The molecule has 73 heavy (non-hydrogen) atoms. The first kappa shape index (κ1) is 65.6. The monoisotopic (exact) mass is 1050 g/mol. The fourth-order valence-corrected chi connectivity index (χ4v) is 9.54. The van der Waals surface area contributed by atoms with Crippen LogP contribution < -0.4 is 5.32 Å². The minimum Gasteiger partial charge on any atom is -0.394 e. The molecule has 0 saturated carbocycles. The minimum absolute atomic E-state index is 0.234. The molecule has 3 fully saturated rings. The lowest BCUT2D eigenvalue weighted by Crippen LogP contribution is -2.66. The Labute approximate surface area is 435 Å². The Kier molecular flexibility index (Phi) is 34.8. The fourth-order valence-electron chi connectivity index (χ4n) is 9.54. The van der Waals surface area contributed by atoms with Gasteiger partial charge in [0.25, 0.3) is 0 Å². The van der Waals surface area contributed by atoms with Crippen LogP contribution in [-0.4, -0.2) is 193 Å². The summed E-state index contributed by atoms with van der Waals surface area (Å²) >= 11 is 0. The van der Waals surface area contributed by atoms with Crippen molar-refractivity contribution in [1.82, 2.24) is 5.32 Å². The van der Waals surface area contributed by atoms with Gasteiger partial charge in [-0.05, 0) is 44.9 Å². The summed E-state index contributed by atoms with van der Waals surface area (Å²) in [5.74, 6) is -0.286. The number of amides is 1. The Hall–Kier alpha value is -1.73. The molecule has 0 aliphatic carbocycles. The van der Waals surface area contributed by atoms with Crippen LogP contribution in [0.25, 0.3) is 0 Å². The topological polar surface area (TPSA) is 307 Å². The summed E-state index contributed by atoms with van der Waals surface area (Å²) in [5, 5.41) is 120. The normalized spacial score (nSPS) is 31.9. The van der Waals surface area contributed by atoms with E-state index in [0.29, 0.717) is 6.42 Å². The third kappa shape index (κ3) is 23.8. The van der Waals surface area contributed by atoms with Crippen LogP contribution in [0, 0.1) is 0 Å². The molecule has 0 bridgehead atoms. The van der Waals surface area contributed by atoms with Crippen molar-refractivity contribution in [2.24, 2.45) is 0 Å². The van der Waals surface area contributed by atoms with Crippen LogP contribution in [0.3, 0.4) is 0 Å². The van der Waals surface area contributed by atoms with Gasteiger partial charge in [0.15, 0.2) is 18.9 Å². The lowest BCUT2D eigenvalue weighted by atomic mass is 9.96. The van der Waals surface area contributed by atoms with E-state index in [1.54, 1.807) is 6.08 Å². The van der Waals surface area contributed by atoms with E-state index < -0.39 is 124 Å². The molecule has 0 aromatic rings. The van der Waals surface area contributed by atoms with Gasteiger partial charge in [0.05, 0.1) is 38.6 Å². The minimum atomic E-state index is -1.98. The summed E-state index contributed by atoms with van der Waals surface area (Å²) in [6.07, 6.45) is 10.2. The van der Waals surface area contributed by atoms with Crippen molar-refractivity contribution in [2.75, 3.05) is 26.4 Å². The molecule has 3 saturated heterocycles. The highest BCUT2D eigenvalue weighted by Gasteiger charge is 2.53. The van der Waals surface area contributed by atoms with Crippen molar-refractivity contribution < 1.29 is 89.4 Å². The molecule has 17 atom stereocenters. The van der Waals surface area contributed by atoms with Crippen molar-refractivity contribution in [3.63, 3.8) is 0 Å². The number of carbonyl (C=O) groups is 1. The Morgan fingerprint density at radius 1 is 0.479 bits per heavy atom. The van der Waals surface area contributed by atoms with Gasteiger partial charge in [0.2, 0.25) is 5.91 Å². The molecule has 3 aliphatic heterocycles. The Balaban J connectivity index is 1.54. The van der Waals surface area contributed by atoms with E-state index in [1.165, 1.54) is 89.9 Å². The van der Waals surface area contributed by atoms with Gasteiger partial charge in [0, 0.05) is 6.42 Å². The van der Waals surface area contributed by atoms with Crippen LogP contribution in [0.15, 0.2) is 24.3 Å². The maximum Gasteiger partial charge on any atom is 0.220 e. The lowest BCUT2D eigenvalue weighted by Gasteiger charge is -2.48. The molecule has 3 rings (SSSR count). The van der Waals surface area contributed by atoms with Crippen LogP contribution in [0.5, 0.6) is 0 Å². The van der Waals surface area contributed by atoms with E-state index in [9.17, 15) is 61.0 Å². The number of allylic oxidation sites excluding steroid dienone is 3. The molecule has 3 heterocycles. The molecular formula is C54H99NO18. The van der Waals surface area contributed by atoms with Gasteiger partial charge in [-0.25, -0.2) is 0 Å². The van der Waals surface area contributed by atoms with Crippen molar-refractivity contribution in [2.45, 2.75) is 285 Å². The summed E-state index contributed by atoms with van der Waals surface area (Å²) in [6, 6.07) is -0.973. The van der Waals surface area contributed by atoms with E-state index >= 15 is 0 Å². The van der Waals surface area contributed by atoms with Gasteiger partial charge in [-0.3, -0.25) is 4.79 Å². The van der Waals surface area contributed by atoms with Crippen molar-refractivity contribution in [3.05, 3.63) is 24.3 Å². The van der Waals surface area contributed by atoms with E-state index in [4.69, 9.17) is 28.4 Å². The second kappa shape index (κ2) is 38.8. The van der Waals surface area contributed by atoms with Gasteiger partial charge in [0.1, 0.15) is 73.2 Å². The van der Waals surface area contributed by atoms with Gasteiger partial charge in [-0.1, -0.05) is 154 Å². The standard InChI is InChI=1S/C54H99NO18/c1-3-5-7-9-11-13-15-17-18-20-22-24-26-28-30-32-42(60)55-37(38(59)31-29-27-25-23-21-19-16-14-12-10-8-6-4-2)36-68-52-48(66)45(63)50(40(34-57)70-52)73-54-49(67)46(64)51(41(35-58)71-54)72-53-47(65)44(62)43(61)39(33-56)69-53/h17-18,29,31,37-41,43-54,56-59,61-67H,3-16,19-28,30,32-36H2,1-2H3,(H,55,60). The number of aliphatic hydroxyl groups excluding tert-OH is 11. The van der Waals surface area contributed by atoms with Gasteiger partial charge >= 0.3 is 0 Å². The number of hydrogen-bond acceptors (Lipinski definition) is 18. The first-order chi connectivity index (χ1) is 35.3. The summed E-state index contributed by atoms with van der Waals surface area (Å²) in [6.45, 7) is 1.68. The van der Waals surface area contributed by atoms with Crippen LogP contribution >= 0.6 is 0 Å². The SMILES string of the molecule is CCCCCCCCC=CCCCCCCCC(=O)NC(COC1OC(CO)C(OC2OC(CO)C(OC3OC(CO)C(O)C(O)C3O)C(O)C2O)C(O)C1O)C(O)C=CCCCCCCCCCCCCC. The number of carbonyl (C=O) groups excluding carboxylic acids is 1. The Morgan fingerprint density at radius 2 is 0.863 bits per heavy atom. The summed E-state index contributed by atoms with van der Waals surface area (Å²) in [5.41, 5.74) is 0. The molecule has 0 radical (unpaired) electrons. The van der Waals surface area contributed by atoms with Crippen LogP contribution in [0.1, 0.15) is 181 Å². The van der Waals surface area contributed by atoms with E-state index in [1.807, 2.05) is 6.08 Å². The maximum absolute atomic E-state index is 13.3. The molecule has 19 nitrogen and oxygen atoms in total. The Bertz CT molecular complexity index is 1440. The molecule has 12 N–H and O–H groups in total. The largest absolute Gasteiger partial charge is 0.394 e. The molecule has 1 amide bonds. The average Bonchev–Trinajstić information content (AvgIpc) is 3.39. The van der Waals surface area contributed by atoms with Crippen LogP contribution in [0.2, 0.25) is 0 Å². The highest BCUT2D eigenvalue weighted by molar-refractivity contribution is 5.76. The molecule has 19 heteroatoms. The summed E-state index contributed by atoms with van der Waals surface area (Å²) < 4.78 is 34.2. The number of aliphatic hydroxyl groups is 11. The summed E-state index contributed by atoms with van der Waals surface area (Å²) in [7, 11) is 0. The predicted molar refractivity (Wildman–Crippen MR) is 273 cm³/mol. The molecular weight excluding hydrogens is 951 g/mol. The number of ether oxygens (including phenoxy) is 6. The first-order valence-corrected chi connectivity index (χ1v) is 28.1. The second-order valence-electron chi connectivity index (χ2n) is 20.4. The number of unbranched alkanes of at least 4 members (excludes halogenated alkanes) is 22. The summed E-state index contributed by atoms with van der Waals surface area (Å²) in [4.78, 5) is 13.3. The van der Waals surface area contributed by atoms with Crippen LogP contribution in [0.4, 0.5) is 0 Å². The quantitative estimate of drug-likeness (QED) is 0.0308.